The molecule has 0 aromatic carbocycles. The SMILES string of the molecule is CCC(C)CN(C)Cc1cc(C#CCO)cs1. The summed E-state index contributed by atoms with van der Waals surface area (Å²) in [7, 11) is 2.16. The van der Waals surface area contributed by atoms with Crippen LogP contribution in [0.15, 0.2) is 11.4 Å². The Balaban J connectivity index is 2.48. The van der Waals surface area contributed by atoms with Crippen LogP contribution < -0.4 is 0 Å². The van der Waals surface area contributed by atoms with Crippen molar-refractivity contribution in [2.45, 2.75) is 26.8 Å². The summed E-state index contributed by atoms with van der Waals surface area (Å²) in [6.07, 6.45) is 1.22. The molecule has 17 heavy (non-hydrogen) atoms. The van der Waals surface area contributed by atoms with E-state index in [4.69, 9.17) is 5.11 Å². The second-order valence-electron chi connectivity index (χ2n) is 4.47. The maximum absolute atomic E-state index is 8.63. The van der Waals surface area contributed by atoms with Crippen molar-refractivity contribution in [3.05, 3.63) is 21.9 Å². The third-order valence-corrected chi connectivity index (χ3v) is 3.63. The van der Waals surface area contributed by atoms with Crippen LogP contribution in [0.3, 0.4) is 0 Å². The van der Waals surface area contributed by atoms with Gasteiger partial charge < -0.3 is 10.0 Å². The smallest absolute Gasteiger partial charge is 0.104 e. The first-order valence-electron chi connectivity index (χ1n) is 6.01. The highest BCUT2D eigenvalue weighted by Gasteiger charge is 2.06. The van der Waals surface area contributed by atoms with Crippen molar-refractivity contribution in [3.8, 4) is 11.8 Å². The van der Waals surface area contributed by atoms with E-state index in [0.717, 1.165) is 24.6 Å². The van der Waals surface area contributed by atoms with Gasteiger partial charge in [0.15, 0.2) is 0 Å². The predicted molar refractivity (Wildman–Crippen MR) is 74.1 cm³/mol. The van der Waals surface area contributed by atoms with E-state index in [-0.39, 0.29) is 6.61 Å². The summed E-state index contributed by atoms with van der Waals surface area (Å²) in [6, 6.07) is 2.11. The Labute approximate surface area is 108 Å². The lowest BCUT2D eigenvalue weighted by Gasteiger charge is -2.19. The van der Waals surface area contributed by atoms with Gasteiger partial charge in [0, 0.05) is 28.9 Å². The quantitative estimate of drug-likeness (QED) is 0.813. The normalized spacial score (nSPS) is 12.3. The molecule has 1 aromatic rings. The molecule has 0 saturated carbocycles. The lowest BCUT2D eigenvalue weighted by molar-refractivity contribution is 0.277. The summed E-state index contributed by atoms with van der Waals surface area (Å²) in [4.78, 5) is 3.68. The minimum Gasteiger partial charge on any atom is -0.384 e. The monoisotopic (exact) mass is 251 g/mol. The van der Waals surface area contributed by atoms with Crippen molar-refractivity contribution in [2.24, 2.45) is 5.92 Å². The average molecular weight is 251 g/mol. The van der Waals surface area contributed by atoms with Gasteiger partial charge in [0.1, 0.15) is 6.61 Å². The molecule has 1 unspecified atom stereocenters. The predicted octanol–water partition coefficient (Wildman–Crippen LogP) is 2.57. The van der Waals surface area contributed by atoms with Gasteiger partial charge in [-0.25, -0.2) is 0 Å². The summed E-state index contributed by atoms with van der Waals surface area (Å²) < 4.78 is 0. The van der Waals surface area contributed by atoms with E-state index in [9.17, 15) is 0 Å². The number of hydrogen-bond acceptors (Lipinski definition) is 3. The molecule has 1 heterocycles. The first-order chi connectivity index (χ1) is 8.15. The van der Waals surface area contributed by atoms with Gasteiger partial charge in [-0.3, -0.25) is 0 Å². The Hall–Kier alpha value is -0.820. The van der Waals surface area contributed by atoms with E-state index in [1.807, 2.05) is 0 Å². The van der Waals surface area contributed by atoms with Crippen LogP contribution in [0.4, 0.5) is 0 Å². The Kier molecular flexibility index (Phi) is 6.28. The van der Waals surface area contributed by atoms with Crippen molar-refractivity contribution >= 4 is 11.3 Å². The molecule has 0 aliphatic heterocycles. The van der Waals surface area contributed by atoms with E-state index in [2.05, 4.69) is 49.1 Å². The molecule has 0 radical (unpaired) electrons. The zero-order valence-electron chi connectivity index (χ0n) is 10.9. The van der Waals surface area contributed by atoms with E-state index >= 15 is 0 Å². The molecule has 1 rings (SSSR count). The van der Waals surface area contributed by atoms with Crippen molar-refractivity contribution in [2.75, 3.05) is 20.2 Å². The minimum absolute atomic E-state index is 0.0703. The largest absolute Gasteiger partial charge is 0.384 e. The Morgan fingerprint density at radius 1 is 1.53 bits per heavy atom. The van der Waals surface area contributed by atoms with E-state index < -0.39 is 0 Å². The third-order valence-electron chi connectivity index (χ3n) is 2.71. The molecule has 1 atom stereocenters. The number of nitrogens with zero attached hydrogens (tertiary/aromatic N) is 1. The number of aliphatic hydroxyl groups excluding tert-OH is 1. The summed E-state index contributed by atoms with van der Waals surface area (Å²) in [5, 5.41) is 10.7. The highest BCUT2D eigenvalue weighted by atomic mass is 32.1. The fourth-order valence-electron chi connectivity index (χ4n) is 1.66. The second-order valence-corrected chi connectivity index (χ2v) is 5.47. The van der Waals surface area contributed by atoms with E-state index in [1.165, 1.54) is 11.3 Å². The Morgan fingerprint density at radius 2 is 2.29 bits per heavy atom. The van der Waals surface area contributed by atoms with E-state index in [0.29, 0.717) is 0 Å². The van der Waals surface area contributed by atoms with Gasteiger partial charge in [0.25, 0.3) is 0 Å². The van der Waals surface area contributed by atoms with Crippen molar-refractivity contribution in [1.82, 2.24) is 4.90 Å². The fraction of sp³-hybridized carbons (Fsp3) is 0.571. The third kappa shape index (κ3) is 5.36. The number of aliphatic hydroxyl groups is 1. The highest BCUT2D eigenvalue weighted by Crippen LogP contribution is 2.16. The van der Waals surface area contributed by atoms with Crippen LogP contribution in [0, 0.1) is 17.8 Å². The van der Waals surface area contributed by atoms with Gasteiger partial charge in [-0.05, 0) is 19.0 Å². The van der Waals surface area contributed by atoms with Crippen LogP contribution in [-0.4, -0.2) is 30.2 Å². The van der Waals surface area contributed by atoms with Crippen molar-refractivity contribution in [3.63, 3.8) is 0 Å². The lowest BCUT2D eigenvalue weighted by atomic mass is 10.1. The molecule has 0 fully saturated rings. The molecular weight excluding hydrogens is 230 g/mol. The average Bonchev–Trinajstić information content (AvgIpc) is 2.73. The summed E-state index contributed by atoms with van der Waals surface area (Å²) >= 11 is 1.74. The molecule has 94 valence electrons. The summed E-state index contributed by atoms with van der Waals surface area (Å²) in [6.45, 7) is 6.55. The first kappa shape index (κ1) is 14.2. The standard InChI is InChI=1S/C14H21NOS/c1-4-12(2)9-15(3)10-14-8-13(11-17-14)6-5-7-16/h8,11-12,16H,4,7,9-10H2,1-3H3. The molecule has 0 aliphatic rings. The highest BCUT2D eigenvalue weighted by molar-refractivity contribution is 7.10. The molecule has 1 N–H and O–H groups in total. The fourth-order valence-corrected chi connectivity index (χ4v) is 2.56. The Morgan fingerprint density at radius 3 is 2.94 bits per heavy atom. The summed E-state index contributed by atoms with van der Waals surface area (Å²) in [5.41, 5.74) is 1.01. The van der Waals surface area contributed by atoms with Crippen LogP contribution in [0.25, 0.3) is 0 Å². The van der Waals surface area contributed by atoms with Crippen molar-refractivity contribution < 1.29 is 5.11 Å². The van der Waals surface area contributed by atoms with Crippen molar-refractivity contribution in [1.29, 1.82) is 0 Å². The maximum Gasteiger partial charge on any atom is 0.104 e. The van der Waals surface area contributed by atoms with Gasteiger partial charge >= 0.3 is 0 Å². The molecule has 0 amide bonds. The van der Waals surface area contributed by atoms with Crippen LogP contribution in [0.2, 0.25) is 0 Å². The zero-order valence-corrected chi connectivity index (χ0v) is 11.7. The van der Waals surface area contributed by atoms with Crippen LogP contribution in [0.5, 0.6) is 0 Å². The van der Waals surface area contributed by atoms with Crippen LogP contribution >= 0.6 is 11.3 Å². The number of thiophene rings is 1. The van der Waals surface area contributed by atoms with Gasteiger partial charge in [-0.1, -0.05) is 32.1 Å². The second kappa shape index (κ2) is 7.50. The van der Waals surface area contributed by atoms with Gasteiger partial charge in [0.05, 0.1) is 0 Å². The topological polar surface area (TPSA) is 23.5 Å². The Bertz CT molecular complexity index is 388. The van der Waals surface area contributed by atoms with E-state index in [1.54, 1.807) is 11.3 Å². The summed E-state index contributed by atoms with van der Waals surface area (Å²) in [5.74, 6) is 6.35. The van der Waals surface area contributed by atoms with Gasteiger partial charge in [0.2, 0.25) is 0 Å². The first-order valence-corrected chi connectivity index (χ1v) is 6.89. The lowest BCUT2D eigenvalue weighted by Crippen LogP contribution is -2.23. The maximum atomic E-state index is 8.63. The number of rotatable bonds is 5. The molecular formula is C14H21NOS. The molecule has 0 aliphatic carbocycles. The zero-order chi connectivity index (χ0) is 12.7. The molecule has 3 heteroatoms. The van der Waals surface area contributed by atoms with Gasteiger partial charge in [-0.15, -0.1) is 11.3 Å². The molecule has 0 saturated heterocycles. The molecule has 1 aromatic heterocycles. The van der Waals surface area contributed by atoms with Crippen LogP contribution in [0.1, 0.15) is 30.7 Å². The number of hydrogen-bond donors (Lipinski definition) is 1. The minimum atomic E-state index is -0.0703. The van der Waals surface area contributed by atoms with Crippen LogP contribution in [-0.2, 0) is 6.54 Å². The molecule has 0 spiro atoms. The molecule has 0 bridgehead atoms. The molecule has 2 nitrogen and oxygen atoms in total. The van der Waals surface area contributed by atoms with Gasteiger partial charge in [-0.2, -0.15) is 0 Å².